The number of ether oxygens (including phenoxy) is 1. The lowest BCUT2D eigenvalue weighted by Gasteiger charge is -2.15. The molecular formula is C12H18BrNO. The predicted octanol–water partition coefficient (Wildman–Crippen LogP) is 3.30. The van der Waals surface area contributed by atoms with Gasteiger partial charge in [0.2, 0.25) is 0 Å². The first kappa shape index (κ1) is 12.5. The smallest absolute Gasteiger partial charge is 0.133 e. The van der Waals surface area contributed by atoms with Gasteiger partial charge in [-0.05, 0) is 46.5 Å². The Morgan fingerprint density at radius 3 is 2.47 bits per heavy atom. The molecule has 0 spiro atoms. The lowest BCUT2D eigenvalue weighted by atomic mass is 10.0. The first-order valence-electron chi connectivity index (χ1n) is 5.20. The largest absolute Gasteiger partial charge is 0.488 e. The molecule has 1 aromatic rings. The van der Waals surface area contributed by atoms with E-state index in [4.69, 9.17) is 10.5 Å². The van der Waals surface area contributed by atoms with Gasteiger partial charge < -0.3 is 10.5 Å². The van der Waals surface area contributed by atoms with E-state index in [9.17, 15) is 0 Å². The van der Waals surface area contributed by atoms with E-state index in [0.29, 0.717) is 12.5 Å². The molecule has 0 aromatic heterocycles. The van der Waals surface area contributed by atoms with Gasteiger partial charge in [0.25, 0.3) is 0 Å². The van der Waals surface area contributed by atoms with Gasteiger partial charge >= 0.3 is 0 Å². The molecule has 1 rings (SSSR count). The van der Waals surface area contributed by atoms with Gasteiger partial charge in [-0.15, -0.1) is 0 Å². The van der Waals surface area contributed by atoms with Crippen LogP contribution in [0.5, 0.6) is 5.75 Å². The molecule has 0 aliphatic carbocycles. The number of hydrogen-bond acceptors (Lipinski definition) is 2. The summed E-state index contributed by atoms with van der Waals surface area (Å²) in [6.07, 6.45) is 0.0474. The summed E-state index contributed by atoms with van der Waals surface area (Å²) in [5.41, 5.74) is 6.81. The van der Waals surface area contributed by atoms with Crippen molar-refractivity contribution in [3.05, 3.63) is 28.2 Å². The molecule has 2 nitrogen and oxygen atoms in total. The van der Waals surface area contributed by atoms with Crippen molar-refractivity contribution in [2.24, 2.45) is 5.73 Å². The average Bonchev–Trinajstić information content (AvgIpc) is 2.20. The van der Waals surface area contributed by atoms with E-state index >= 15 is 0 Å². The van der Waals surface area contributed by atoms with Gasteiger partial charge in [0.05, 0.1) is 4.47 Å². The molecule has 0 fully saturated rings. The van der Waals surface area contributed by atoms with Crippen LogP contribution in [0.1, 0.15) is 32.3 Å². The summed E-state index contributed by atoms with van der Waals surface area (Å²) >= 11 is 3.51. The maximum Gasteiger partial charge on any atom is 0.133 e. The molecule has 3 heteroatoms. The van der Waals surface area contributed by atoms with Crippen LogP contribution in [0.3, 0.4) is 0 Å². The third-order valence-electron chi connectivity index (χ3n) is 2.28. The Balaban J connectivity index is 2.83. The van der Waals surface area contributed by atoms with Gasteiger partial charge in [-0.1, -0.05) is 19.9 Å². The maximum atomic E-state index is 5.66. The Morgan fingerprint density at radius 1 is 1.33 bits per heavy atom. The summed E-state index contributed by atoms with van der Waals surface area (Å²) in [5.74, 6) is 1.39. The molecule has 84 valence electrons. The third kappa shape index (κ3) is 3.50. The quantitative estimate of drug-likeness (QED) is 0.912. The predicted molar refractivity (Wildman–Crippen MR) is 67.4 cm³/mol. The highest BCUT2D eigenvalue weighted by molar-refractivity contribution is 9.10. The second-order valence-electron chi connectivity index (χ2n) is 4.01. The lowest BCUT2D eigenvalue weighted by Crippen LogP contribution is -2.22. The zero-order valence-corrected chi connectivity index (χ0v) is 11.0. The topological polar surface area (TPSA) is 35.2 Å². The van der Waals surface area contributed by atoms with Crippen LogP contribution in [-0.4, -0.2) is 12.6 Å². The summed E-state index contributed by atoms with van der Waals surface area (Å²) in [6.45, 7) is 6.83. The van der Waals surface area contributed by atoms with Crippen LogP contribution in [0.4, 0.5) is 0 Å². The van der Waals surface area contributed by atoms with Crippen molar-refractivity contribution in [1.29, 1.82) is 0 Å². The third-order valence-corrected chi connectivity index (χ3v) is 2.90. The molecule has 0 bridgehead atoms. The van der Waals surface area contributed by atoms with Crippen molar-refractivity contribution in [2.75, 3.05) is 6.54 Å². The standard InChI is InChI=1S/C12H18BrNO/c1-8(2)10-4-5-12(11(13)6-10)15-9(3)7-14/h4-6,8-9H,7,14H2,1-3H3. The maximum absolute atomic E-state index is 5.66. The first-order valence-corrected chi connectivity index (χ1v) is 6.00. The van der Waals surface area contributed by atoms with E-state index in [-0.39, 0.29) is 6.10 Å². The SMILES string of the molecule is CC(CN)Oc1ccc(C(C)C)cc1Br. The highest BCUT2D eigenvalue weighted by atomic mass is 79.9. The van der Waals surface area contributed by atoms with Crippen LogP contribution < -0.4 is 10.5 Å². The van der Waals surface area contributed by atoms with E-state index in [1.165, 1.54) is 5.56 Å². The molecule has 1 unspecified atom stereocenters. The first-order chi connectivity index (χ1) is 7.04. The Kier molecular flexibility index (Phi) is 4.61. The minimum Gasteiger partial charge on any atom is -0.488 e. The molecule has 15 heavy (non-hydrogen) atoms. The van der Waals surface area contributed by atoms with E-state index in [0.717, 1.165) is 10.2 Å². The Bertz CT molecular complexity index is 325. The fourth-order valence-electron chi connectivity index (χ4n) is 1.24. The van der Waals surface area contributed by atoms with Crippen LogP contribution in [-0.2, 0) is 0 Å². The van der Waals surface area contributed by atoms with Gasteiger partial charge in [-0.2, -0.15) is 0 Å². The summed E-state index contributed by atoms with van der Waals surface area (Å²) in [7, 11) is 0. The zero-order valence-electron chi connectivity index (χ0n) is 9.46. The van der Waals surface area contributed by atoms with Crippen molar-refractivity contribution in [1.82, 2.24) is 0 Å². The minimum absolute atomic E-state index is 0.0474. The van der Waals surface area contributed by atoms with Crippen LogP contribution in [0, 0.1) is 0 Å². The number of nitrogens with two attached hydrogens (primary N) is 1. The van der Waals surface area contributed by atoms with Gasteiger partial charge in [0.1, 0.15) is 11.9 Å². The van der Waals surface area contributed by atoms with Gasteiger partial charge in [-0.3, -0.25) is 0 Å². The Hall–Kier alpha value is -0.540. The van der Waals surface area contributed by atoms with Gasteiger partial charge in [-0.25, -0.2) is 0 Å². The molecule has 1 atom stereocenters. The normalized spacial score (nSPS) is 12.9. The molecular weight excluding hydrogens is 254 g/mol. The highest BCUT2D eigenvalue weighted by Gasteiger charge is 2.07. The fourth-order valence-corrected chi connectivity index (χ4v) is 1.73. The monoisotopic (exact) mass is 271 g/mol. The molecule has 0 aliphatic rings. The number of halogens is 1. The summed E-state index contributed by atoms with van der Waals surface area (Å²) in [5, 5.41) is 0. The van der Waals surface area contributed by atoms with Gasteiger partial charge in [0, 0.05) is 6.54 Å². The molecule has 0 saturated heterocycles. The van der Waals surface area contributed by atoms with E-state index in [2.05, 4.69) is 41.9 Å². The van der Waals surface area contributed by atoms with Crippen LogP contribution in [0.15, 0.2) is 22.7 Å². The molecule has 1 aromatic carbocycles. The molecule has 0 radical (unpaired) electrons. The summed E-state index contributed by atoms with van der Waals surface area (Å²) < 4.78 is 6.65. The summed E-state index contributed by atoms with van der Waals surface area (Å²) in [6, 6.07) is 6.18. The van der Waals surface area contributed by atoms with Gasteiger partial charge in [0.15, 0.2) is 0 Å². The molecule has 2 N–H and O–H groups in total. The second kappa shape index (κ2) is 5.52. The number of hydrogen-bond donors (Lipinski definition) is 1. The fraction of sp³-hybridized carbons (Fsp3) is 0.500. The second-order valence-corrected chi connectivity index (χ2v) is 4.86. The zero-order chi connectivity index (χ0) is 11.4. The highest BCUT2D eigenvalue weighted by Crippen LogP contribution is 2.29. The average molecular weight is 272 g/mol. The van der Waals surface area contributed by atoms with Crippen molar-refractivity contribution >= 4 is 15.9 Å². The molecule has 0 saturated carbocycles. The van der Waals surface area contributed by atoms with Crippen molar-refractivity contribution in [3.63, 3.8) is 0 Å². The van der Waals surface area contributed by atoms with Crippen molar-refractivity contribution < 1.29 is 4.74 Å². The lowest BCUT2D eigenvalue weighted by molar-refractivity contribution is 0.228. The Labute approximate surface area is 99.9 Å². The molecule has 0 heterocycles. The molecule has 0 amide bonds. The van der Waals surface area contributed by atoms with E-state index < -0.39 is 0 Å². The van der Waals surface area contributed by atoms with Crippen molar-refractivity contribution in [3.8, 4) is 5.75 Å². The van der Waals surface area contributed by atoms with E-state index in [1.54, 1.807) is 0 Å². The van der Waals surface area contributed by atoms with E-state index in [1.807, 2.05) is 13.0 Å². The van der Waals surface area contributed by atoms with Crippen LogP contribution in [0.25, 0.3) is 0 Å². The molecule has 0 aliphatic heterocycles. The summed E-state index contributed by atoms with van der Waals surface area (Å²) in [4.78, 5) is 0. The number of benzene rings is 1. The van der Waals surface area contributed by atoms with Crippen LogP contribution in [0.2, 0.25) is 0 Å². The number of rotatable bonds is 4. The van der Waals surface area contributed by atoms with Crippen LogP contribution >= 0.6 is 15.9 Å². The minimum atomic E-state index is 0.0474. The van der Waals surface area contributed by atoms with Crippen molar-refractivity contribution in [2.45, 2.75) is 32.8 Å². The Morgan fingerprint density at radius 2 is 2.00 bits per heavy atom.